The van der Waals surface area contributed by atoms with Crippen molar-refractivity contribution in [2.75, 3.05) is 46.5 Å². The summed E-state index contributed by atoms with van der Waals surface area (Å²) in [5, 5.41) is 11.2. The highest BCUT2D eigenvalue weighted by molar-refractivity contribution is 6.00. The van der Waals surface area contributed by atoms with Crippen LogP contribution in [-0.2, 0) is 20.7 Å². The first-order valence-corrected chi connectivity index (χ1v) is 13.6. The molecule has 3 aliphatic rings. The van der Waals surface area contributed by atoms with Crippen molar-refractivity contribution < 1.29 is 28.6 Å². The van der Waals surface area contributed by atoms with E-state index in [2.05, 4.69) is 9.88 Å². The number of aromatic hydroxyl groups is 1. The van der Waals surface area contributed by atoms with Gasteiger partial charge in [-0.15, -0.1) is 0 Å². The summed E-state index contributed by atoms with van der Waals surface area (Å²) in [4.78, 5) is 34.9. The number of methoxy groups -OCH3 is 1. The zero-order valence-corrected chi connectivity index (χ0v) is 22.3. The van der Waals surface area contributed by atoms with Crippen LogP contribution in [0.4, 0.5) is 4.39 Å². The van der Waals surface area contributed by atoms with E-state index in [0.717, 1.165) is 35.3 Å². The predicted octanol–water partition coefficient (Wildman–Crippen LogP) is 3.81. The molecular formula is C30H34FN3O5. The van der Waals surface area contributed by atoms with Gasteiger partial charge >= 0.3 is 0 Å². The molecule has 3 aromatic rings. The number of fused-ring (bicyclic) bond motifs is 4. The lowest BCUT2D eigenvalue weighted by molar-refractivity contribution is -0.151. The van der Waals surface area contributed by atoms with Crippen LogP contribution in [0.1, 0.15) is 42.5 Å². The summed E-state index contributed by atoms with van der Waals surface area (Å²) < 4.78 is 25.4. The molecule has 0 bridgehead atoms. The van der Waals surface area contributed by atoms with Gasteiger partial charge in [-0.05, 0) is 48.1 Å². The van der Waals surface area contributed by atoms with Gasteiger partial charge in [0.25, 0.3) is 0 Å². The van der Waals surface area contributed by atoms with Gasteiger partial charge < -0.3 is 19.6 Å². The van der Waals surface area contributed by atoms with E-state index in [9.17, 15) is 19.1 Å². The van der Waals surface area contributed by atoms with E-state index in [1.807, 2.05) is 13.0 Å². The van der Waals surface area contributed by atoms with Crippen molar-refractivity contribution in [1.82, 2.24) is 14.8 Å². The van der Waals surface area contributed by atoms with Gasteiger partial charge in [0.2, 0.25) is 11.8 Å². The number of halogens is 1. The van der Waals surface area contributed by atoms with Gasteiger partial charge in [0, 0.05) is 61.2 Å². The van der Waals surface area contributed by atoms with Crippen LogP contribution < -0.4 is 4.74 Å². The van der Waals surface area contributed by atoms with Crippen molar-refractivity contribution >= 4 is 22.7 Å². The highest BCUT2D eigenvalue weighted by Crippen LogP contribution is 2.55. The van der Waals surface area contributed by atoms with Gasteiger partial charge in [0.15, 0.2) is 11.6 Å². The van der Waals surface area contributed by atoms with E-state index >= 15 is 0 Å². The Morgan fingerprint density at radius 3 is 2.72 bits per heavy atom. The normalized spacial score (nSPS) is 25.9. The molecule has 1 aliphatic carbocycles. The molecule has 6 rings (SSSR count). The average molecular weight is 536 g/mol. The highest BCUT2D eigenvalue weighted by atomic mass is 19.1. The van der Waals surface area contributed by atoms with Crippen LogP contribution in [-0.4, -0.2) is 78.2 Å². The first-order valence-electron chi connectivity index (χ1n) is 13.6. The summed E-state index contributed by atoms with van der Waals surface area (Å²) in [6.45, 7) is 5.81. The molecule has 3 atom stereocenters. The molecule has 2 amide bonds. The molecule has 3 heterocycles. The third kappa shape index (κ3) is 4.37. The number of imide groups is 1. The number of likely N-dealkylation sites (tertiary alicyclic amines) is 1. The van der Waals surface area contributed by atoms with Crippen molar-refractivity contribution in [3.63, 3.8) is 0 Å². The van der Waals surface area contributed by atoms with Gasteiger partial charge in [0.05, 0.1) is 25.7 Å². The molecule has 206 valence electrons. The fourth-order valence-corrected chi connectivity index (χ4v) is 6.92. The molecule has 0 radical (unpaired) electrons. The van der Waals surface area contributed by atoms with E-state index < -0.39 is 11.2 Å². The number of nitrogens with one attached hydrogen (secondary N) is 1. The molecule has 2 saturated heterocycles. The number of benzene rings is 2. The zero-order chi connectivity index (χ0) is 27.3. The quantitative estimate of drug-likeness (QED) is 0.483. The number of aromatic amines is 1. The van der Waals surface area contributed by atoms with Gasteiger partial charge in [0.1, 0.15) is 5.75 Å². The largest absolute Gasteiger partial charge is 0.508 e. The number of morpholine rings is 1. The van der Waals surface area contributed by atoms with Crippen molar-refractivity contribution in [2.45, 2.75) is 32.1 Å². The number of phenolic OH excluding ortho intramolecular Hbond substituents is 1. The van der Waals surface area contributed by atoms with Crippen LogP contribution in [0.3, 0.4) is 0 Å². The maximum atomic E-state index is 14.7. The fourth-order valence-electron chi connectivity index (χ4n) is 6.92. The summed E-state index contributed by atoms with van der Waals surface area (Å²) in [5.74, 6) is -0.986. The Hall–Kier alpha value is -3.43. The van der Waals surface area contributed by atoms with Gasteiger partial charge in [-0.3, -0.25) is 19.4 Å². The molecule has 2 N–H and O–H groups in total. The lowest BCUT2D eigenvalue weighted by Gasteiger charge is -2.45. The summed E-state index contributed by atoms with van der Waals surface area (Å²) in [6.07, 6.45) is 1.21. The van der Waals surface area contributed by atoms with Crippen LogP contribution in [0.5, 0.6) is 11.5 Å². The maximum Gasteiger partial charge on any atom is 0.235 e. The van der Waals surface area contributed by atoms with Gasteiger partial charge in [-0.25, -0.2) is 4.39 Å². The lowest BCUT2D eigenvalue weighted by Crippen LogP contribution is -2.52. The van der Waals surface area contributed by atoms with E-state index in [4.69, 9.17) is 9.47 Å². The number of carbonyl (C=O) groups is 2. The second-order valence-corrected chi connectivity index (χ2v) is 11.2. The Morgan fingerprint density at radius 1 is 1.18 bits per heavy atom. The Bertz CT molecular complexity index is 1430. The van der Waals surface area contributed by atoms with Crippen LogP contribution in [0.25, 0.3) is 10.9 Å². The first-order chi connectivity index (χ1) is 18.8. The molecule has 39 heavy (non-hydrogen) atoms. The van der Waals surface area contributed by atoms with Crippen LogP contribution >= 0.6 is 0 Å². The number of amides is 2. The highest BCUT2D eigenvalue weighted by Gasteiger charge is 2.54. The Morgan fingerprint density at radius 2 is 1.97 bits per heavy atom. The minimum absolute atomic E-state index is 0.133. The SMILES string of the molecule is COc1cc2c3c([nH]c2cc1F)[C@@H](c1cccc(O)c1)C1CCC(=O)N(CCN2CCOCC2)C(=O)[C@]1(C)C3. The number of hydrogen-bond acceptors (Lipinski definition) is 6. The van der Waals surface area contributed by atoms with Crippen molar-refractivity contribution in [3.05, 3.63) is 59.0 Å². The fraction of sp³-hybridized carbons (Fsp3) is 0.467. The van der Waals surface area contributed by atoms with Crippen molar-refractivity contribution in [2.24, 2.45) is 11.3 Å². The third-order valence-corrected chi connectivity index (χ3v) is 8.96. The van der Waals surface area contributed by atoms with Crippen LogP contribution in [0.2, 0.25) is 0 Å². The molecule has 8 nitrogen and oxygen atoms in total. The molecule has 1 aromatic heterocycles. The number of H-pyrrole nitrogens is 1. The van der Waals surface area contributed by atoms with E-state index in [-0.39, 0.29) is 41.6 Å². The topological polar surface area (TPSA) is 95.1 Å². The molecule has 2 fully saturated rings. The van der Waals surface area contributed by atoms with E-state index in [1.54, 1.807) is 24.3 Å². The van der Waals surface area contributed by atoms with Gasteiger partial charge in [-0.1, -0.05) is 19.1 Å². The average Bonchev–Trinajstić information content (AvgIpc) is 3.23. The lowest BCUT2D eigenvalue weighted by atomic mass is 9.59. The van der Waals surface area contributed by atoms with Gasteiger partial charge in [-0.2, -0.15) is 0 Å². The minimum atomic E-state index is -0.878. The number of aromatic nitrogens is 1. The summed E-state index contributed by atoms with van der Waals surface area (Å²) in [5.41, 5.74) is 2.43. The number of ether oxygens (including phenoxy) is 2. The molecule has 0 saturated carbocycles. The molecular weight excluding hydrogens is 501 g/mol. The van der Waals surface area contributed by atoms with Crippen LogP contribution in [0.15, 0.2) is 36.4 Å². The molecule has 2 aromatic carbocycles. The third-order valence-electron chi connectivity index (χ3n) is 8.96. The number of carbonyl (C=O) groups excluding carboxylic acids is 2. The predicted molar refractivity (Wildman–Crippen MR) is 143 cm³/mol. The number of phenols is 1. The number of nitrogens with zero attached hydrogens (tertiary/aromatic N) is 2. The molecule has 9 heteroatoms. The molecule has 1 unspecified atom stereocenters. The van der Waals surface area contributed by atoms with E-state index in [0.29, 0.717) is 44.7 Å². The summed E-state index contributed by atoms with van der Waals surface area (Å²) >= 11 is 0. The monoisotopic (exact) mass is 535 g/mol. The van der Waals surface area contributed by atoms with Crippen LogP contribution in [0, 0.1) is 17.2 Å². The molecule has 2 aliphatic heterocycles. The smallest absolute Gasteiger partial charge is 0.235 e. The number of rotatable bonds is 5. The second kappa shape index (κ2) is 9.95. The van der Waals surface area contributed by atoms with E-state index in [1.165, 1.54) is 18.1 Å². The Kier molecular flexibility index (Phi) is 6.59. The van der Waals surface area contributed by atoms with Crippen molar-refractivity contribution in [3.8, 4) is 11.5 Å². The number of hydrogen-bond donors (Lipinski definition) is 2. The Labute approximate surface area is 226 Å². The standard InChI is InChI=1S/C30H34FN3O5/c1-30-17-21-20-15-25(38-2)23(31)16-24(20)32-28(21)27(18-4-3-5-19(35)14-18)22(30)6-7-26(36)34(29(30)37)9-8-33-10-12-39-13-11-33/h3-5,14-16,22,27,32,35H,6-13,17H2,1-2H3/t22?,27-,30+/m0/s1. The van der Waals surface area contributed by atoms with Crippen molar-refractivity contribution in [1.29, 1.82) is 0 Å². The Balaban J connectivity index is 1.46. The molecule has 0 spiro atoms. The first kappa shape index (κ1) is 25.8. The second-order valence-electron chi connectivity index (χ2n) is 11.2. The maximum absolute atomic E-state index is 14.7. The summed E-state index contributed by atoms with van der Waals surface area (Å²) in [6, 6.07) is 10.2. The minimum Gasteiger partial charge on any atom is -0.508 e. The zero-order valence-electron chi connectivity index (χ0n) is 22.3. The summed E-state index contributed by atoms with van der Waals surface area (Å²) in [7, 11) is 1.43.